The molecule has 0 spiro atoms. The molecule has 0 radical (unpaired) electrons. The van der Waals surface area contributed by atoms with E-state index >= 15 is 0 Å². The van der Waals surface area contributed by atoms with Crippen molar-refractivity contribution in [1.82, 2.24) is 4.98 Å². The lowest BCUT2D eigenvalue weighted by atomic mass is 10.3. The van der Waals surface area contributed by atoms with Crippen LogP contribution in [0.2, 0.25) is 0 Å². The summed E-state index contributed by atoms with van der Waals surface area (Å²) < 4.78 is 5.27. The number of aliphatic hydroxyl groups excluding tert-OH is 2. The Balaban J connectivity index is 2.20. The predicted octanol–water partition coefficient (Wildman–Crippen LogP) is 0.204. The van der Waals surface area contributed by atoms with Gasteiger partial charge in [0.2, 0.25) is 0 Å². The highest BCUT2D eigenvalue weighted by Gasteiger charge is 2.01. The second kappa shape index (κ2) is 5.50. The van der Waals surface area contributed by atoms with Gasteiger partial charge in [0.1, 0.15) is 5.75 Å². The average Bonchev–Trinajstić information content (AvgIpc) is 2.19. The van der Waals surface area contributed by atoms with Gasteiger partial charge in [-0.25, -0.2) is 0 Å². The highest BCUT2D eigenvalue weighted by molar-refractivity contribution is 5.16. The number of aromatic nitrogens is 1. The van der Waals surface area contributed by atoms with Gasteiger partial charge >= 0.3 is 0 Å². The van der Waals surface area contributed by atoms with Crippen molar-refractivity contribution in [1.29, 1.82) is 0 Å². The van der Waals surface area contributed by atoms with Crippen LogP contribution in [0, 0.1) is 0 Å². The first-order chi connectivity index (χ1) is 6.33. The van der Waals surface area contributed by atoms with Gasteiger partial charge in [-0.15, -0.1) is 0 Å². The molecule has 1 atom stereocenters. The third-order valence-electron chi connectivity index (χ3n) is 1.58. The lowest BCUT2D eigenvalue weighted by Gasteiger charge is -2.08. The summed E-state index contributed by atoms with van der Waals surface area (Å²) in [6.07, 6.45) is 3.01. The van der Waals surface area contributed by atoms with Crippen LogP contribution in [0.15, 0.2) is 24.5 Å². The first-order valence-electron chi connectivity index (χ1n) is 4.14. The van der Waals surface area contributed by atoms with E-state index in [0.717, 1.165) is 5.75 Å². The normalized spacial score (nSPS) is 12.5. The van der Waals surface area contributed by atoms with Crippen molar-refractivity contribution in [3.05, 3.63) is 24.5 Å². The van der Waals surface area contributed by atoms with Crippen molar-refractivity contribution in [3.63, 3.8) is 0 Å². The Morgan fingerprint density at radius 2 is 2.08 bits per heavy atom. The van der Waals surface area contributed by atoms with Crippen LogP contribution < -0.4 is 4.74 Å². The zero-order chi connectivity index (χ0) is 9.52. The molecule has 0 aliphatic heterocycles. The molecule has 13 heavy (non-hydrogen) atoms. The van der Waals surface area contributed by atoms with Gasteiger partial charge in [-0.1, -0.05) is 0 Å². The Hall–Kier alpha value is -1.13. The van der Waals surface area contributed by atoms with Crippen molar-refractivity contribution in [2.45, 2.75) is 12.5 Å². The van der Waals surface area contributed by atoms with Gasteiger partial charge in [0.15, 0.2) is 0 Å². The molecule has 4 nitrogen and oxygen atoms in total. The number of hydrogen-bond donors (Lipinski definition) is 2. The lowest BCUT2D eigenvalue weighted by molar-refractivity contribution is 0.0754. The molecule has 72 valence electrons. The standard InChI is InChI=1S/C9H13NO3/c11-7-8(12)3-6-13-9-1-4-10-5-2-9/h1-2,4-5,8,11-12H,3,6-7H2. The van der Waals surface area contributed by atoms with Gasteiger partial charge in [-0.05, 0) is 12.1 Å². The third kappa shape index (κ3) is 3.87. The smallest absolute Gasteiger partial charge is 0.122 e. The van der Waals surface area contributed by atoms with Crippen molar-refractivity contribution >= 4 is 0 Å². The van der Waals surface area contributed by atoms with Crippen LogP contribution in [0.25, 0.3) is 0 Å². The van der Waals surface area contributed by atoms with Crippen LogP contribution in [0.4, 0.5) is 0 Å². The number of pyridine rings is 1. The van der Waals surface area contributed by atoms with Crippen LogP contribution >= 0.6 is 0 Å². The average molecular weight is 183 g/mol. The van der Waals surface area contributed by atoms with E-state index in [-0.39, 0.29) is 6.61 Å². The number of ether oxygens (including phenoxy) is 1. The largest absolute Gasteiger partial charge is 0.493 e. The molecule has 0 fully saturated rings. The summed E-state index contributed by atoms with van der Waals surface area (Å²) in [5.41, 5.74) is 0. The second-order valence-electron chi connectivity index (χ2n) is 2.66. The summed E-state index contributed by atoms with van der Waals surface area (Å²) in [6, 6.07) is 3.48. The van der Waals surface area contributed by atoms with Crippen molar-refractivity contribution in [3.8, 4) is 5.75 Å². The van der Waals surface area contributed by atoms with E-state index in [1.807, 2.05) is 0 Å². The molecule has 4 heteroatoms. The Kier molecular flexibility index (Phi) is 4.21. The fourth-order valence-corrected chi connectivity index (χ4v) is 0.839. The fraction of sp³-hybridized carbons (Fsp3) is 0.444. The minimum atomic E-state index is -0.693. The first-order valence-corrected chi connectivity index (χ1v) is 4.14. The molecular formula is C9H13NO3. The quantitative estimate of drug-likeness (QED) is 0.684. The minimum Gasteiger partial charge on any atom is -0.493 e. The zero-order valence-electron chi connectivity index (χ0n) is 7.26. The van der Waals surface area contributed by atoms with Crippen LogP contribution in [-0.2, 0) is 0 Å². The zero-order valence-corrected chi connectivity index (χ0v) is 7.26. The summed E-state index contributed by atoms with van der Waals surface area (Å²) in [7, 11) is 0. The number of aliphatic hydroxyl groups is 2. The van der Waals surface area contributed by atoms with Crippen LogP contribution in [0.5, 0.6) is 5.75 Å². The minimum absolute atomic E-state index is 0.223. The SMILES string of the molecule is OCC(O)CCOc1ccncc1. The predicted molar refractivity (Wildman–Crippen MR) is 47.4 cm³/mol. The van der Waals surface area contributed by atoms with Crippen molar-refractivity contribution in [2.24, 2.45) is 0 Å². The molecular weight excluding hydrogens is 170 g/mol. The Labute approximate surface area is 76.8 Å². The maximum Gasteiger partial charge on any atom is 0.122 e. The maximum absolute atomic E-state index is 8.99. The Morgan fingerprint density at radius 1 is 1.38 bits per heavy atom. The molecule has 1 aromatic rings. The molecule has 0 saturated carbocycles. The fourth-order valence-electron chi connectivity index (χ4n) is 0.839. The third-order valence-corrected chi connectivity index (χ3v) is 1.58. The van der Waals surface area contributed by atoms with E-state index in [0.29, 0.717) is 13.0 Å². The molecule has 0 aromatic carbocycles. The maximum atomic E-state index is 8.99. The highest BCUT2D eigenvalue weighted by atomic mass is 16.5. The summed E-state index contributed by atoms with van der Waals surface area (Å²) in [4.78, 5) is 3.84. The molecule has 0 saturated heterocycles. The topological polar surface area (TPSA) is 62.6 Å². The van der Waals surface area contributed by atoms with Crippen molar-refractivity contribution < 1.29 is 14.9 Å². The van der Waals surface area contributed by atoms with Crippen LogP contribution in [-0.4, -0.2) is 34.5 Å². The first kappa shape index (κ1) is 9.95. The number of rotatable bonds is 5. The molecule has 0 amide bonds. The summed E-state index contributed by atoms with van der Waals surface area (Å²) in [5, 5.41) is 17.5. The van der Waals surface area contributed by atoms with Gasteiger partial charge < -0.3 is 14.9 Å². The number of hydrogen-bond acceptors (Lipinski definition) is 4. The van der Waals surface area contributed by atoms with Gasteiger partial charge in [0.05, 0.1) is 19.3 Å². The van der Waals surface area contributed by atoms with E-state index in [4.69, 9.17) is 14.9 Å². The van der Waals surface area contributed by atoms with E-state index in [1.54, 1.807) is 24.5 Å². The summed E-state index contributed by atoms with van der Waals surface area (Å²) in [6.45, 7) is 0.172. The molecule has 1 aromatic heterocycles. The molecule has 0 aliphatic rings. The molecule has 0 aliphatic carbocycles. The van der Waals surface area contributed by atoms with E-state index in [9.17, 15) is 0 Å². The van der Waals surface area contributed by atoms with Gasteiger partial charge in [0, 0.05) is 18.8 Å². The van der Waals surface area contributed by atoms with Crippen LogP contribution in [0.1, 0.15) is 6.42 Å². The lowest BCUT2D eigenvalue weighted by Crippen LogP contribution is -2.15. The van der Waals surface area contributed by atoms with Crippen molar-refractivity contribution in [2.75, 3.05) is 13.2 Å². The van der Waals surface area contributed by atoms with E-state index < -0.39 is 6.10 Å². The second-order valence-corrected chi connectivity index (χ2v) is 2.66. The molecule has 1 rings (SSSR count). The van der Waals surface area contributed by atoms with Crippen LogP contribution in [0.3, 0.4) is 0 Å². The van der Waals surface area contributed by atoms with Gasteiger partial charge in [-0.2, -0.15) is 0 Å². The number of nitrogens with zero attached hydrogens (tertiary/aromatic N) is 1. The summed E-state index contributed by atoms with van der Waals surface area (Å²) in [5.74, 6) is 0.722. The Bertz CT molecular complexity index is 228. The van der Waals surface area contributed by atoms with E-state index in [1.165, 1.54) is 0 Å². The summed E-state index contributed by atoms with van der Waals surface area (Å²) >= 11 is 0. The molecule has 2 N–H and O–H groups in total. The molecule has 1 unspecified atom stereocenters. The molecule has 1 heterocycles. The van der Waals surface area contributed by atoms with E-state index in [2.05, 4.69) is 4.98 Å². The van der Waals surface area contributed by atoms with Gasteiger partial charge in [0.25, 0.3) is 0 Å². The molecule has 0 bridgehead atoms. The monoisotopic (exact) mass is 183 g/mol. The van der Waals surface area contributed by atoms with Gasteiger partial charge in [-0.3, -0.25) is 4.98 Å². The highest BCUT2D eigenvalue weighted by Crippen LogP contribution is 2.07. The Morgan fingerprint density at radius 3 is 2.69 bits per heavy atom.